The van der Waals surface area contributed by atoms with E-state index in [9.17, 15) is 18.0 Å². The molecule has 0 atom stereocenters. The highest BCUT2D eigenvalue weighted by Crippen LogP contribution is 2.45. The first-order chi connectivity index (χ1) is 15.7. The van der Waals surface area contributed by atoms with Crippen molar-refractivity contribution >= 4 is 39.0 Å². The lowest BCUT2D eigenvalue weighted by Gasteiger charge is -2.34. The molecule has 2 aliphatic carbocycles. The van der Waals surface area contributed by atoms with Crippen LogP contribution in [0, 0.1) is 12.8 Å². The Balaban J connectivity index is 1.55. The number of hydrogen-bond acceptors (Lipinski definition) is 7. The molecule has 33 heavy (non-hydrogen) atoms. The van der Waals surface area contributed by atoms with E-state index in [-0.39, 0.29) is 39.8 Å². The van der Waals surface area contributed by atoms with Crippen LogP contribution in [-0.4, -0.2) is 36.5 Å². The monoisotopic (exact) mass is 469 g/mol. The summed E-state index contributed by atoms with van der Waals surface area (Å²) in [6, 6.07) is 3.74. The first-order valence-electron chi connectivity index (χ1n) is 11.3. The van der Waals surface area contributed by atoms with Gasteiger partial charge in [0.05, 0.1) is 5.54 Å². The summed E-state index contributed by atoms with van der Waals surface area (Å²) in [4.78, 5) is 33.1. The SMILES string of the molecule is Cc1cc(Nc2ncnc(NC(=O)C3CC3)c2S(C)(=O)=O)cc2c1C(=O)NC21CCCCC1. The van der Waals surface area contributed by atoms with Crippen LogP contribution in [0.1, 0.15) is 66.4 Å². The maximum absolute atomic E-state index is 12.8. The summed E-state index contributed by atoms with van der Waals surface area (Å²) in [5, 5.41) is 8.98. The number of sulfone groups is 1. The van der Waals surface area contributed by atoms with Crippen LogP contribution in [0.25, 0.3) is 0 Å². The van der Waals surface area contributed by atoms with Gasteiger partial charge in [0, 0.05) is 23.4 Å². The Morgan fingerprint density at radius 3 is 2.48 bits per heavy atom. The first-order valence-corrected chi connectivity index (χ1v) is 13.2. The Hall–Kier alpha value is -3.01. The molecule has 1 spiro atoms. The molecular weight excluding hydrogens is 442 g/mol. The summed E-state index contributed by atoms with van der Waals surface area (Å²) in [6.45, 7) is 1.88. The molecule has 2 aromatic rings. The fourth-order valence-electron chi connectivity index (χ4n) is 5.04. The van der Waals surface area contributed by atoms with Gasteiger partial charge in [0.1, 0.15) is 6.33 Å². The van der Waals surface area contributed by atoms with Crippen molar-refractivity contribution < 1.29 is 18.0 Å². The number of aromatic nitrogens is 2. The highest BCUT2D eigenvalue weighted by atomic mass is 32.2. The summed E-state index contributed by atoms with van der Waals surface area (Å²) in [5.74, 6) is -0.320. The van der Waals surface area contributed by atoms with Crippen LogP contribution in [0.5, 0.6) is 0 Å². The number of aryl methyl sites for hydroxylation is 1. The Kier molecular flexibility index (Phi) is 5.15. The Bertz CT molecular complexity index is 1260. The highest BCUT2D eigenvalue weighted by Gasteiger charge is 2.44. The molecule has 2 fully saturated rings. The van der Waals surface area contributed by atoms with E-state index >= 15 is 0 Å². The highest BCUT2D eigenvalue weighted by molar-refractivity contribution is 7.91. The van der Waals surface area contributed by atoms with E-state index in [4.69, 9.17) is 0 Å². The molecule has 0 radical (unpaired) electrons. The van der Waals surface area contributed by atoms with Crippen molar-refractivity contribution in [3.05, 3.63) is 35.2 Å². The molecule has 174 valence electrons. The van der Waals surface area contributed by atoms with Crippen LogP contribution in [-0.2, 0) is 20.2 Å². The topological polar surface area (TPSA) is 130 Å². The Morgan fingerprint density at radius 2 is 1.82 bits per heavy atom. The van der Waals surface area contributed by atoms with Gasteiger partial charge >= 0.3 is 0 Å². The number of fused-ring (bicyclic) bond motifs is 2. The van der Waals surface area contributed by atoms with Gasteiger partial charge in [0.2, 0.25) is 5.91 Å². The molecular formula is C23H27N5O4S. The molecule has 10 heteroatoms. The quantitative estimate of drug-likeness (QED) is 0.613. The van der Waals surface area contributed by atoms with Crippen molar-refractivity contribution in [1.29, 1.82) is 0 Å². The van der Waals surface area contributed by atoms with Crippen molar-refractivity contribution in [2.75, 3.05) is 16.9 Å². The Morgan fingerprint density at radius 1 is 1.12 bits per heavy atom. The third kappa shape index (κ3) is 3.96. The molecule has 2 saturated carbocycles. The fourth-order valence-corrected chi connectivity index (χ4v) is 5.95. The summed E-state index contributed by atoms with van der Waals surface area (Å²) < 4.78 is 25.3. The number of rotatable bonds is 5. The number of carbonyl (C=O) groups is 2. The van der Waals surface area contributed by atoms with E-state index in [0.717, 1.165) is 62.3 Å². The number of anilines is 3. The predicted molar refractivity (Wildman–Crippen MR) is 123 cm³/mol. The van der Waals surface area contributed by atoms with Crippen molar-refractivity contribution in [2.45, 2.75) is 62.3 Å². The number of carbonyl (C=O) groups excluding carboxylic acids is 2. The zero-order chi connectivity index (χ0) is 23.4. The predicted octanol–water partition coefficient (Wildman–Crippen LogP) is 3.18. The normalized spacial score (nSPS) is 19.2. The van der Waals surface area contributed by atoms with Gasteiger partial charge in [-0.15, -0.1) is 0 Å². The van der Waals surface area contributed by atoms with Crippen molar-refractivity contribution in [1.82, 2.24) is 15.3 Å². The van der Waals surface area contributed by atoms with Gasteiger partial charge < -0.3 is 16.0 Å². The third-order valence-corrected chi connectivity index (χ3v) is 7.89. The van der Waals surface area contributed by atoms with Gasteiger partial charge in [-0.3, -0.25) is 9.59 Å². The second-order valence-corrected chi connectivity index (χ2v) is 11.3. The second-order valence-electron chi connectivity index (χ2n) is 9.37. The van der Waals surface area contributed by atoms with Gasteiger partial charge in [0.25, 0.3) is 5.91 Å². The van der Waals surface area contributed by atoms with Crippen LogP contribution in [0.3, 0.4) is 0 Å². The lowest BCUT2D eigenvalue weighted by molar-refractivity contribution is -0.117. The van der Waals surface area contributed by atoms with Gasteiger partial charge in [-0.05, 0) is 55.9 Å². The smallest absolute Gasteiger partial charge is 0.252 e. The van der Waals surface area contributed by atoms with E-state index in [0.29, 0.717) is 11.3 Å². The first kappa shape index (κ1) is 21.8. The van der Waals surface area contributed by atoms with Crippen LogP contribution >= 0.6 is 0 Å². The van der Waals surface area contributed by atoms with Gasteiger partial charge in [0.15, 0.2) is 26.4 Å². The lowest BCUT2D eigenvalue weighted by atomic mass is 9.77. The maximum Gasteiger partial charge on any atom is 0.252 e. The second kappa shape index (κ2) is 7.79. The molecule has 1 aromatic carbocycles. The molecule has 0 bridgehead atoms. The zero-order valence-electron chi connectivity index (χ0n) is 18.7. The third-order valence-electron chi connectivity index (χ3n) is 6.77. The van der Waals surface area contributed by atoms with Gasteiger partial charge in [-0.25, -0.2) is 18.4 Å². The van der Waals surface area contributed by atoms with E-state index < -0.39 is 9.84 Å². The van der Waals surface area contributed by atoms with Crippen molar-refractivity contribution in [3.63, 3.8) is 0 Å². The summed E-state index contributed by atoms with van der Waals surface area (Å²) in [5.41, 5.74) is 2.72. The summed E-state index contributed by atoms with van der Waals surface area (Å²) in [7, 11) is -3.76. The number of amides is 2. The van der Waals surface area contributed by atoms with E-state index in [2.05, 4.69) is 25.9 Å². The van der Waals surface area contributed by atoms with E-state index in [1.165, 1.54) is 6.33 Å². The minimum absolute atomic E-state index is 0.0228. The molecule has 5 rings (SSSR count). The molecule has 3 aliphatic rings. The number of nitrogens with zero attached hydrogens (tertiary/aromatic N) is 2. The molecule has 2 heterocycles. The molecule has 2 amide bonds. The number of benzene rings is 1. The van der Waals surface area contributed by atoms with Crippen molar-refractivity contribution in [2.24, 2.45) is 5.92 Å². The molecule has 1 aliphatic heterocycles. The van der Waals surface area contributed by atoms with E-state index in [1.54, 1.807) is 0 Å². The largest absolute Gasteiger partial charge is 0.342 e. The van der Waals surface area contributed by atoms with Crippen molar-refractivity contribution in [3.8, 4) is 0 Å². The minimum atomic E-state index is -3.76. The van der Waals surface area contributed by atoms with Crippen LogP contribution in [0.4, 0.5) is 17.3 Å². The standard InChI is InChI=1S/C23H27N5O4S/c1-13-10-15(11-16-17(13)22(30)28-23(16)8-4-3-5-9-23)26-19-18(33(2,31)32)20(25-12-24-19)27-21(29)14-6-7-14/h10-12,14H,3-9H2,1-2H3,(H,28,30)(H2,24,25,26,27,29). The van der Waals surface area contributed by atoms with E-state index in [1.807, 2.05) is 19.1 Å². The minimum Gasteiger partial charge on any atom is -0.342 e. The van der Waals surface area contributed by atoms with Gasteiger partial charge in [-0.2, -0.15) is 0 Å². The zero-order valence-corrected chi connectivity index (χ0v) is 19.5. The summed E-state index contributed by atoms with van der Waals surface area (Å²) in [6.07, 6.45) is 8.89. The fraction of sp³-hybridized carbons (Fsp3) is 0.478. The number of hydrogen-bond donors (Lipinski definition) is 3. The molecule has 0 unspecified atom stereocenters. The Labute approximate surface area is 192 Å². The lowest BCUT2D eigenvalue weighted by Crippen LogP contribution is -2.40. The van der Waals surface area contributed by atoms with Crippen LogP contribution in [0.15, 0.2) is 23.4 Å². The molecule has 0 saturated heterocycles. The maximum atomic E-state index is 12.8. The summed E-state index contributed by atoms with van der Waals surface area (Å²) >= 11 is 0. The average Bonchev–Trinajstić information content (AvgIpc) is 3.55. The van der Waals surface area contributed by atoms with Crippen LogP contribution < -0.4 is 16.0 Å². The van der Waals surface area contributed by atoms with Gasteiger partial charge in [-0.1, -0.05) is 19.3 Å². The molecule has 1 aromatic heterocycles. The molecule has 3 N–H and O–H groups in total. The number of nitrogens with one attached hydrogen (secondary N) is 3. The average molecular weight is 470 g/mol. The van der Waals surface area contributed by atoms with Crippen LogP contribution in [0.2, 0.25) is 0 Å². The molecule has 9 nitrogen and oxygen atoms in total.